The van der Waals surface area contributed by atoms with Gasteiger partial charge in [0.25, 0.3) is 0 Å². The Morgan fingerprint density at radius 3 is 2.21 bits per heavy atom. The van der Waals surface area contributed by atoms with E-state index in [0.717, 1.165) is 19.6 Å². The number of halogens is 1. The average molecular weight is 563 g/mol. The Labute approximate surface area is 216 Å². The highest BCUT2D eigenvalue weighted by atomic mass is 127. The van der Waals surface area contributed by atoms with Crippen molar-refractivity contribution in [2.24, 2.45) is 5.41 Å². The van der Waals surface area contributed by atoms with E-state index in [2.05, 4.69) is 135 Å². The van der Waals surface area contributed by atoms with Crippen LogP contribution in [-0.4, -0.2) is 42.6 Å². The maximum absolute atomic E-state index is 5.98. The van der Waals surface area contributed by atoms with Crippen LogP contribution in [0.15, 0.2) is 91.0 Å². The number of benzene rings is 3. The highest BCUT2D eigenvalue weighted by molar-refractivity contribution is 14.1. The molecule has 4 nitrogen and oxygen atoms in total. The van der Waals surface area contributed by atoms with E-state index in [9.17, 15) is 0 Å². The van der Waals surface area contributed by atoms with Gasteiger partial charge in [-0.25, -0.2) is 0 Å². The molecule has 0 aromatic heterocycles. The molecule has 0 saturated carbocycles. The molecule has 2 fully saturated rings. The zero-order valence-electron chi connectivity index (χ0n) is 19.2. The second-order valence-electron chi connectivity index (χ2n) is 9.27. The largest absolute Gasteiger partial charge is 0.368 e. The number of nitrogens with one attached hydrogen (secondary N) is 1. The molecule has 3 aromatic rings. The van der Waals surface area contributed by atoms with Crippen molar-refractivity contribution in [1.29, 1.82) is 0 Å². The molecular formula is C29H30IN3O. The minimum atomic E-state index is -0.0500. The van der Waals surface area contributed by atoms with E-state index in [4.69, 9.17) is 11.2 Å². The van der Waals surface area contributed by atoms with Crippen molar-refractivity contribution in [2.75, 3.05) is 32.8 Å². The smallest absolute Gasteiger partial charge is 0.107 e. The average Bonchev–Trinajstić information content (AvgIpc) is 2.90. The zero-order chi connectivity index (χ0) is 23.4. The van der Waals surface area contributed by atoms with E-state index < -0.39 is 0 Å². The van der Waals surface area contributed by atoms with E-state index in [1.165, 1.54) is 16.7 Å². The second-order valence-corrected chi connectivity index (χ2v) is 10.4. The lowest BCUT2D eigenvalue weighted by atomic mass is 9.80. The summed E-state index contributed by atoms with van der Waals surface area (Å²) in [5.41, 5.74) is 3.86. The summed E-state index contributed by atoms with van der Waals surface area (Å²) in [4.78, 5) is 5.26. The molecule has 5 rings (SSSR count). The fourth-order valence-corrected chi connectivity index (χ4v) is 6.31. The minimum Gasteiger partial charge on any atom is -0.368 e. The van der Waals surface area contributed by atoms with Crippen LogP contribution in [-0.2, 0) is 4.74 Å². The summed E-state index contributed by atoms with van der Waals surface area (Å²) >= 11 is 2.61. The monoisotopic (exact) mass is 563 g/mol. The third-order valence-electron chi connectivity index (χ3n) is 6.84. The topological polar surface area (TPSA) is 27.7 Å². The normalized spacial score (nSPS) is 27.6. The predicted molar refractivity (Wildman–Crippen MR) is 145 cm³/mol. The predicted octanol–water partition coefficient (Wildman–Crippen LogP) is 5.37. The van der Waals surface area contributed by atoms with Crippen LogP contribution in [0.25, 0.3) is 0 Å². The van der Waals surface area contributed by atoms with Crippen LogP contribution in [0.2, 0.25) is 0 Å². The summed E-state index contributed by atoms with van der Waals surface area (Å²) in [6.07, 6.45) is 5.75. The number of ether oxygens (including phenoxy) is 1. The zero-order valence-corrected chi connectivity index (χ0v) is 21.3. The van der Waals surface area contributed by atoms with Gasteiger partial charge in [0.2, 0.25) is 0 Å². The lowest BCUT2D eigenvalue weighted by Crippen LogP contribution is -2.67. The number of rotatable bonds is 7. The summed E-state index contributed by atoms with van der Waals surface area (Å²) in [6, 6.07) is 32.5. The summed E-state index contributed by atoms with van der Waals surface area (Å²) in [7, 11) is 0. The van der Waals surface area contributed by atoms with Crippen LogP contribution in [0.4, 0.5) is 0 Å². The highest BCUT2D eigenvalue weighted by Gasteiger charge is 2.51. The second kappa shape index (κ2) is 10.6. The Morgan fingerprint density at radius 2 is 1.56 bits per heavy atom. The molecule has 0 radical (unpaired) electrons. The van der Waals surface area contributed by atoms with Crippen molar-refractivity contribution >= 4 is 22.6 Å². The first-order valence-corrected chi connectivity index (χ1v) is 13.0. The third-order valence-corrected chi connectivity index (χ3v) is 8.27. The van der Waals surface area contributed by atoms with Crippen molar-refractivity contribution < 1.29 is 4.74 Å². The fraction of sp³-hybridized carbons (Fsp3) is 0.310. The lowest BCUT2D eigenvalue weighted by molar-refractivity contribution is -0.148. The first kappa shape index (κ1) is 23.5. The van der Waals surface area contributed by atoms with Crippen LogP contribution in [0.1, 0.15) is 33.1 Å². The molecule has 34 heavy (non-hydrogen) atoms. The maximum atomic E-state index is 5.98. The van der Waals surface area contributed by atoms with Gasteiger partial charge in [0.1, 0.15) is 6.61 Å². The highest BCUT2D eigenvalue weighted by Crippen LogP contribution is 2.48. The quantitative estimate of drug-likeness (QED) is 0.138. The van der Waals surface area contributed by atoms with E-state index in [1.807, 2.05) is 0 Å². The first-order valence-electron chi connectivity index (χ1n) is 11.8. The van der Waals surface area contributed by atoms with Crippen LogP contribution < -0.4 is 5.32 Å². The van der Waals surface area contributed by atoms with Crippen LogP contribution >= 0.6 is 22.6 Å². The van der Waals surface area contributed by atoms with Crippen LogP contribution in [0, 0.1) is 17.8 Å². The van der Waals surface area contributed by atoms with Gasteiger partial charge in [-0.1, -0.05) is 120 Å². The Morgan fingerprint density at radius 1 is 0.941 bits per heavy atom. The van der Waals surface area contributed by atoms with Crippen molar-refractivity contribution in [3.8, 4) is 12.3 Å². The molecule has 0 amide bonds. The molecule has 2 aliphatic rings. The third kappa shape index (κ3) is 4.79. The number of hydrogen-bond donors (Lipinski definition) is 1. The first-order chi connectivity index (χ1) is 16.7. The molecule has 3 aromatic carbocycles. The molecular weight excluding hydrogens is 533 g/mol. The summed E-state index contributed by atoms with van der Waals surface area (Å²) in [5, 5.41) is 3.87. The van der Waals surface area contributed by atoms with Crippen molar-refractivity contribution in [1.82, 2.24) is 15.1 Å². The van der Waals surface area contributed by atoms with Gasteiger partial charge in [-0.15, -0.1) is 6.42 Å². The van der Waals surface area contributed by atoms with Crippen LogP contribution in [0.3, 0.4) is 0 Å². The van der Waals surface area contributed by atoms with E-state index in [0.29, 0.717) is 13.2 Å². The molecule has 174 valence electrons. The Kier molecular flexibility index (Phi) is 7.33. The van der Waals surface area contributed by atoms with Gasteiger partial charge < -0.3 is 4.74 Å². The van der Waals surface area contributed by atoms with E-state index in [-0.39, 0.29) is 21.8 Å². The van der Waals surface area contributed by atoms with Gasteiger partial charge in [0, 0.05) is 25.0 Å². The van der Waals surface area contributed by atoms with Gasteiger partial charge in [-0.3, -0.25) is 15.1 Å². The SMILES string of the molecule is C#CCOCC12CNC(c3ccccc3)N(C1)C(c1ccccc1)N(C(I)c1ccccc1)C2. The minimum absolute atomic E-state index is 0.0500. The summed E-state index contributed by atoms with van der Waals surface area (Å²) < 4.78 is 6.20. The molecule has 0 spiro atoms. The Bertz CT molecular complexity index is 1100. The molecule has 2 saturated heterocycles. The lowest BCUT2D eigenvalue weighted by Gasteiger charge is -2.59. The Hall–Kier alpha value is -2.21. The number of nitrogens with zero attached hydrogens (tertiary/aromatic N) is 2. The number of hydrogen-bond acceptors (Lipinski definition) is 4. The maximum Gasteiger partial charge on any atom is 0.107 e. The molecule has 5 atom stereocenters. The standard InChI is InChI=1S/C29H30IN3O/c1-2-18-34-22-29-19-31-27(24-14-8-4-9-15-24)33(21-29)28(25-16-10-5-11-17-25)32(20-29)26(30)23-12-6-3-7-13-23/h1,3-17,26-28,31H,18-22H2. The van der Waals surface area contributed by atoms with Gasteiger partial charge in [0.05, 0.1) is 23.0 Å². The van der Waals surface area contributed by atoms with Crippen molar-refractivity contribution in [2.45, 2.75) is 16.4 Å². The Balaban J connectivity index is 1.58. The molecule has 2 aliphatic heterocycles. The number of fused-ring (bicyclic) bond motifs is 2. The van der Waals surface area contributed by atoms with Gasteiger partial charge >= 0.3 is 0 Å². The van der Waals surface area contributed by atoms with E-state index in [1.54, 1.807) is 0 Å². The van der Waals surface area contributed by atoms with Crippen LogP contribution in [0.5, 0.6) is 0 Å². The van der Waals surface area contributed by atoms with Gasteiger partial charge in [-0.05, 0) is 16.7 Å². The molecule has 2 heterocycles. The van der Waals surface area contributed by atoms with Gasteiger partial charge in [0.15, 0.2) is 0 Å². The molecule has 1 N–H and O–H groups in total. The molecule has 2 bridgehead atoms. The summed E-state index contributed by atoms with van der Waals surface area (Å²) in [5.74, 6) is 2.64. The fourth-order valence-electron chi connectivity index (χ4n) is 5.39. The molecule has 5 unspecified atom stereocenters. The number of alkyl halides is 1. The van der Waals surface area contributed by atoms with Crippen molar-refractivity contribution in [3.63, 3.8) is 0 Å². The molecule has 0 aliphatic carbocycles. The number of terminal acetylenes is 1. The summed E-state index contributed by atoms with van der Waals surface area (Å²) in [6.45, 7) is 3.73. The van der Waals surface area contributed by atoms with E-state index >= 15 is 0 Å². The molecule has 5 heteroatoms. The van der Waals surface area contributed by atoms with Crippen molar-refractivity contribution in [3.05, 3.63) is 108 Å². The van der Waals surface area contributed by atoms with Gasteiger partial charge in [-0.2, -0.15) is 0 Å².